The number of nitrogens with zero attached hydrogens (tertiary/aromatic N) is 1. The van der Waals surface area contributed by atoms with Gasteiger partial charge in [0.05, 0.1) is 12.5 Å². The Morgan fingerprint density at radius 1 is 1.50 bits per heavy atom. The zero-order valence-electron chi connectivity index (χ0n) is 11.0. The molecule has 0 aromatic carbocycles. The summed E-state index contributed by atoms with van der Waals surface area (Å²) in [5, 5.41) is 2.83. The Labute approximate surface area is 108 Å². The highest BCUT2D eigenvalue weighted by atomic mass is 16.5. The van der Waals surface area contributed by atoms with Crippen molar-refractivity contribution in [3.05, 3.63) is 0 Å². The quantitative estimate of drug-likeness (QED) is 0.593. The molecule has 1 saturated heterocycles. The average Bonchev–Trinajstić information content (AvgIpc) is 2.35. The summed E-state index contributed by atoms with van der Waals surface area (Å²) in [6.45, 7) is 3.07. The van der Waals surface area contributed by atoms with Gasteiger partial charge in [0, 0.05) is 26.8 Å². The van der Waals surface area contributed by atoms with Crippen LogP contribution in [0.3, 0.4) is 0 Å². The number of methoxy groups -OCH3 is 1. The van der Waals surface area contributed by atoms with Crippen molar-refractivity contribution in [3.8, 4) is 0 Å². The maximum absolute atomic E-state index is 11.6. The van der Waals surface area contributed by atoms with E-state index >= 15 is 0 Å². The smallest absolute Gasteiger partial charge is 0.234 e. The molecular formula is C12H23N3O3. The molecule has 104 valence electrons. The second-order valence-corrected chi connectivity index (χ2v) is 4.67. The molecule has 1 atom stereocenters. The number of primary amides is 1. The number of piperidine rings is 1. The van der Waals surface area contributed by atoms with E-state index in [1.54, 1.807) is 7.11 Å². The Hall–Kier alpha value is -1.14. The van der Waals surface area contributed by atoms with Gasteiger partial charge in [-0.25, -0.2) is 0 Å². The van der Waals surface area contributed by atoms with E-state index in [-0.39, 0.29) is 17.7 Å². The minimum Gasteiger partial charge on any atom is -0.385 e. The van der Waals surface area contributed by atoms with E-state index in [0.29, 0.717) is 26.2 Å². The first-order chi connectivity index (χ1) is 8.63. The number of hydrogen-bond acceptors (Lipinski definition) is 4. The van der Waals surface area contributed by atoms with Gasteiger partial charge in [-0.3, -0.25) is 14.5 Å². The first-order valence-corrected chi connectivity index (χ1v) is 6.40. The maximum atomic E-state index is 11.6. The van der Waals surface area contributed by atoms with E-state index in [4.69, 9.17) is 10.5 Å². The van der Waals surface area contributed by atoms with Crippen molar-refractivity contribution in [3.63, 3.8) is 0 Å². The summed E-state index contributed by atoms with van der Waals surface area (Å²) in [5.41, 5.74) is 5.29. The van der Waals surface area contributed by atoms with Crippen LogP contribution < -0.4 is 11.1 Å². The van der Waals surface area contributed by atoms with E-state index < -0.39 is 0 Å². The van der Waals surface area contributed by atoms with Gasteiger partial charge in [0.15, 0.2) is 0 Å². The highest BCUT2D eigenvalue weighted by molar-refractivity contribution is 5.79. The molecule has 0 spiro atoms. The Bertz CT molecular complexity index is 284. The van der Waals surface area contributed by atoms with Crippen molar-refractivity contribution in [2.75, 3.05) is 39.9 Å². The first-order valence-electron chi connectivity index (χ1n) is 6.40. The van der Waals surface area contributed by atoms with E-state index in [9.17, 15) is 9.59 Å². The molecule has 6 heteroatoms. The zero-order chi connectivity index (χ0) is 13.4. The molecule has 1 aliphatic heterocycles. The molecule has 0 aromatic heterocycles. The Morgan fingerprint density at radius 2 is 2.28 bits per heavy atom. The minimum absolute atomic E-state index is 0.00350. The molecule has 1 aliphatic rings. The van der Waals surface area contributed by atoms with Gasteiger partial charge >= 0.3 is 0 Å². The fourth-order valence-corrected chi connectivity index (χ4v) is 2.13. The summed E-state index contributed by atoms with van der Waals surface area (Å²) in [5.74, 6) is -0.378. The van der Waals surface area contributed by atoms with Crippen molar-refractivity contribution in [2.24, 2.45) is 11.7 Å². The molecule has 6 nitrogen and oxygen atoms in total. The second-order valence-electron chi connectivity index (χ2n) is 4.67. The van der Waals surface area contributed by atoms with Crippen LogP contribution in [0.25, 0.3) is 0 Å². The summed E-state index contributed by atoms with van der Waals surface area (Å²) in [7, 11) is 1.64. The SMILES string of the molecule is COCCCNC(=O)CN1CCC[C@@H](C(N)=O)C1. The fourth-order valence-electron chi connectivity index (χ4n) is 2.13. The number of nitrogens with one attached hydrogen (secondary N) is 1. The van der Waals surface area contributed by atoms with Crippen LogP contribution in [0.15, 0.2) is 0 Å². The number of nitrogens with two attached hydrogens (primary N) is 1. The lowest BCUT2D eigenvalue weighted by molar-refractivity contribution is -0.126. The average molecular weight is 257 g/mol. The van der Waals surface area contributed by atoms with Crippen LogP contribution in [-0.2, 0) is 14.3 Å². The number of carbonyl (C=O) groups is 2. The van der Waals surface area contributed by atoms with Crippen LogP contribution in [0.1, 0.15) is 19.3 Å². The van der Waals surface area contributed by atoms with E-state index in [2.05, 4.69) is 5.32 Å². The van der Waals surface area contributed by atoms with Crippen LogP contribution >= 0.6 is 0 Å². The summed E-state index contributed by atoms with van der Waals surface area (Å²) in [6, 6.07) is 0. The molecule has 18 heavy (non-hydrogen) atoms. The highest BCUT2D eigenvalue weighted by Gasteiger charge is 2.24. The number of hydrogen-bond donors (Lipinski definition) is 2. The predicted molar refractivity (Wildman–Crippen MR) is 67.9 cm³/mol. The molecule has 1 fully saturated rings. The largest absolute Gasteiger partial charge is 0.385 e. The van der Waals surface area contributed by atoms with Crippen molar-refractivity contribution in [1.82, 2.24) is 10.2 Å². The number of rotatable bonds is 7. The Balaban J connectivity index is 2.20. The molecule has 3 N–H and O–H groups in total. The molecular weight excluding hydrogens is 234 g/mol. The Kier molecular flexibility index (Phi) is 6.67. The number of carbonyl (C=O) groups excluding carboxylic acids is 2. The summed E-state index contributed by atoms with van der Waals surface area (Å²) in [6.07, 6.45) is 2.57. The zero-order valence-corrected chi connectivity index (χ0v) is 11.0. The molecule has 0 aliphatic carbocycles. The fraction of sp³-hybridized carbons (Fsp3) is 0.833. The third-order valence-corrected chi connectivity index (χ3v) is 3.12. The van der Waals surface area contributed by atoms with Gasteiger partial charge in [-0.05, 0) is 25.8 Å². The van der Waals surface area contributed by atoms with Gasteiger partial charge in [-0.1, -0.05) is 0 Å². The lowest BCUT2D eigenvalue weighted by Crippen LogP contribution is -2.45. The van der Waals surface area contributed by atoms with Gasteiger partial charge < -0.3 is 15.8 Å². The number of ether oxygens (including phenoxy) is 1. The molecule has 1 heterocycles. The van der Waals surface area contributed by atoms with E-state index in [0.717, 1.165) is 25.8 Å². The maximum Gasteiger partial charge on any atom is 0.234 e. The number of likely N-dealkylation sites (tertiary alicyclic amines) is 1. The predicted octanol–water partition coefficient (Wildman–Crippen LogP) is -0.664. The molecule has 0 bridgehead atoms. The van der Waals surface area contributed by atoms with Crippen LogP contribution in [0, 0.1) is 5.92 Å². The van der Waals surface area contributed by atoms with Gasteiger partial charge in [0.2, 0.25) is 11.8 Å². The molecule has 0 radical (unpaired) electrons. The van der Waals surface area contributed by atoms with Gasteiger partial charge in [0.1, 0.15) is 0 Å². The van der Waals surface area contributed by atoms with E-state index in [1.165, 1.54) is 0 Å². The monoisotopic (exact) mass is 257 g/mol. The summed E-state index contributed by atoms with van der Waals surface area (Å²) >= 11 is 0. The van der Waals surface area contributed by atoms with Crippen LogP contribution in [-0.4, -0.2) is 56.6 Å². The lowest BCUT2D eigenvalue weighted by Gasteiger charge is -2.30. The van der Waals surface area contributed by atoms with Crippen LogP contribution in [0.4, 0.5) is 0 Å². The summed E-state index contributed by atoms with van der Waals surface area (Å²) in [4.78, 5) is 24.7. The first kappa shape index (κ1) is 14.9. The second kappa shape index (κ2) is 8.05. The van der Waals surface area contributed by atoms with Gasteiger partial charge in [-0.15, -0.1) is 0 Å². The molecule has 0 saturated carbocycles. The normalized spacial score (nSPS) is 20.6. The topological polar surface area (TPSA) is 84.7 Å². The Morgan fingerprint density at radius 3 is 2.94 bits per heavy atom. The van der Waals surface area contributed by atoms with E-state index in [1.807, 2.05) is 4.90 Å². The third kappa shape index (κ3) is 5.46. The molecule has 2 amide bonds. The van der Waals surface area contributed by atoms with Crippen LogP contribution in [0.5, 0.6) is 0 Å². The summed E-state index contributed by atoms with van der Waals surface area (Å²) < 4.78 is 4.90. The molecule has 1 rings (SSSR count). The third-order valence-electron chi connectivity index (χ3n) is 3.12. The number of amides is 2. The minimum atomic E-state index is -0.264. The van der Waals surface area contributed by atoms with Crippen LogP contribution in [0.2, 0.25) is 0 Å². The molecule has 0 aromatic rings. The van der Waals surface area contributed by atoms with Gasteiger partial charge in [0.25, 0.3) is 0 Å². The van der Waals surface area contributed by atoms with Crippen molar-refractivity contribution < 1.29 is 14.3 Å². The highest BCUT2D eigenvalue weighted by Crippen LogP contribution is 2.15. The van der Waals surface area contributed by atoms with Crippen molar-refractivity contribution in [2.45, 2.75) is 19.3 Å². The molecule has 0 unspecified atom stereocenters. The lowest BCUT2D eigenvalue weighted by atomic mass is 9.97. The standard InChI is InChI=1S/C12H23N3O3/c1-18-7-3-5-14-11(16)9-15-6-2-4-10(8-15)12(13)17/h10H,2-9H2,1H3,(H2,13,17)(H,14,16)/t10-/m1/s1. The van der Waals surface area contributed by atoms with Crippen molar-refractivity contribution in [1.29, 1.82) is 0 Å². The van der Waals surface area contributed by atoms with Crippen molar-refractivity contribution >= 4 is 11.8 Å². The van der Waals surface area contributed by atoms with Gasteiger partial charge in [-0.2, -0.15) is 0 Å².